The van der Waals surface area contributed by atoms with E-state index in [1.807, 2.05) is 24.3 Å². The Morgan fingerprint density at radius 2 is 2.25 bits per heavy atom. The maximum atomic E-state index is 12.0. The first-order valence-electron chi connectivity index (χ1n) is 7.52. The molecular weight excluding hydrogens is 250 g/mol. The van der Waals surface area contributed by atoms with Crippen LogP contribution in [0.15, 0.2) is 24.3 Å². The van der Waals surface area contributed by atoms with Gasteiger partial charge in [0, 0.05) is 31.7 Å². The Balaban J connectivity index is 1.75. The SMILES string of the molecule is CCN(CCC(=O)Nc1cccc(CN)c1)CC1CC1. The van der Waals surface area contributed by atoms with Gasteiger partial charge in [-0.1, -0.05) is 19.1 Å². The van der Waals surface area contributed by atoms with E-state index in [1.165, 1.54) is 12.8 Å². The Morgan fingerprint density at radius 1 is 1.45 bits per heavy atom. The molecule has 1 saturated carbocycles. The van der Waals surface area contributed by atoms with Crippen molar-refractivity contribution in [2.24, 2.45) is 11.7 Å². The van der Waals surface area contributed by atoms with Crippen LogP contribution in [0, 0.1) is 5.92 Å². The average molecular weight is 275 g/mol. The molecule has 1 aliphatic rings. The lowest BCUT2D eigenvalue weighted by atomic mass is 10.2. The first-order chi connectivity index (χ1) is 9.71. The maximum Gasteiger partial charge on any atom is 0.225 e. The lowest BCUT2D eigenvalue weighted by molar-refractivity contribution is -0.116. The molecule has 0 saturated heterocycles. The molecule has 2 rings (SSSR count). The summed E-state index contributed by atoms with van der Waals surface area (Å²) in [6.07, 6.45) is 3.26. The maximum absolute atomic E-state index is 12.0. The van der Waals surface area contributed by atoms with Gasteiger partial charge in [0.25, 0.3) is 0 Å². The number of anilines is 1. The number of rotatable bonds is 8. The lowest BCUT2D eigenvalue weighted by Crippen LogP contribution is -2.29. The third-order valence-electron chi connectivity index (χ3n) is 3.76. The summed E-state index contributed by atoms with van der Waals surface area (Å²) in [5.74, 6) is 0.952. The van der Waals surface area contributed by atoms with Crippen LogP contribution in [-0.4, -0.2) is 30.4 Å². The molecule has 20 heavy (non-hydrogen) atoms. The number of nitrogens with zero attached hydrogens (tertiary/aromatic N) is 1. The number of nitrogens with two attached hydrogens (primary N) is 1. The standard InChI is InChI=1S/C16H25N3O/c1-2-19(12-13-6-7-13)9-8-16(20)18-15-5-3-4-14(10-15)11-17/h3-5,10,13H,2,6-9,11-12,17H2,1H3,(H,18,20). The molecule has 0 aromatic heterocycles. The number of amides is 1. The van der Waals surface area contributed by atoms with E-state index in [9.17, 15) is 4.79 Å². The molecule has 4 heteroatoms. The number of hydrogen-bond donors (Lipinski definition) is 2. The van der Waals surface area contributed by atoms with Gasteiger partial charge >= 0.3 is 0 Å². The predicted octanol–water partition coefficient (Wildman–Crippen LogP) is 2.21. The largest absolute Gasteiger partial charge is 0.326 e. The van der Waals surface area contributed by atoms with Crippen LogP contribution in [0.25, 0.3) is 0 Å². The van der Waals surface area contributed by atoms with Crippen molar-refractivity contribution < 1.29 is 4.79 Å². The molecule has 1 aliphatic carbocycles. The molecule has 1 aromatic rings. The second-order valence-electron chi connectivity index (χ2n) is 5.54. The first-order valence-corrected chi connectivity index (χ1v) is 7.52. The van der Waals surface area contributed by atoms with Crippen LogP contribution in [0.4, 0.5) is 5.69 Å². The molecule has 0 aliphatic heterocycles. The van der Waals surface area contributed by atoms with Crippen molar-refractivity contribution in [3.05, 3.63) is 29.8 Å². The van der Waals surface area contributed by atoms with Gasteiger partial charge in [0.1, 0.15) is 0 Å². The van der Waals surface area contributed by atoms with Crippen LogP contribution in [0.2, 0.25) is 0 Å². The Bertz CT molecular complexity index is 443. The normalized spacial score (nSPS) is 14.6. The molecule has 1 amide bonds. The molecule has 0 heterocycles. The van der Waals surface area contributed by atoms with Gasteiger partial charge in [0.2, 0.25) is 5.91 Å². The third kappa shape index (κ3) is 4.94. The molecule has 1 aromatic carbocycles. The number of benzene rings is 1. The van der Waals surface area contributed by atoms with E-state index >= 15 is 0 Å². The zero-order valence-corrected chi connectivity index (χ0v) is 12.3. The molecule has 0 spiro atoms. The van der Waals surface area contributed by atoms with Gasteiger partial charge in [-0.15, -0.1) is 0 Å². The summed E-state index contributed by atoms with van der Waals surface area (Å²) < 4.78 is 0. The van der Waals surface area contributed by atoms with Crippen LogP contribution < -0.4 is 11.1 Å². The van der Waals surface area contributed by atoms with Gasteiger partial charge in [-0.2, -0.15) is 0 Å². The second kappa shape index (κ2) is 7.41. The summed E-state index contributed by atoms with van der Waals surface area (Å²) in [4.78, 5) is 14.3. The second-order valence-corrected chi connectivity index (χ2v) is 5.54. The fraction of sp³-hybridized carbons (Fsp3) is 0.562. The van der Waals surface area contributed by atoms with Gasteiger partial charge in [0.05, 0.1) is 0 Å². The van der Waals surface area contributed by atoms with Crippen LogP contribution >= 0.6 is 0 Å². The molecule has 0 unspecified atom stereocenters. The third-order valence-corrected chi connectivity index (χ3v) is 3.76. The molecule has 4 nitrogen and oxygen atoms in total. The topological polar surface area (TPSA) is 58.4 Å². The molecule has 0 atom stereocenters. The van der Waals surface area contributed by atoms with E-state index in [1.54, 1.807) is 0 Å². The smallest absolute Gasteiger partial charge is 0.225 e. The summed E-state index contributed by atoms with van der Waals surface area (Å²) >= 11 is 0. The van der Waals surface area contributed by atoms with Crippen molar-refractivity contribution >= 4 is 11.6 Å². The highest BCUT2D eigenvalue weighted by atomic mass is 16.1. The zero-order valence-electron chi connectivity index (χ0n) is 12.3. The lowest BCUT2D eigenvalue weighted by Gasteiger charge is -2.19. The minimum absolute atomic E-state index is 0.0772. The van der Waals surface area contributed by atoms with Crippen LogP contribution in [-0.2, 0) is 11.3 Å². The van der Waals surface area contributed by atoms with Crippen molar-refractivity contribution in [2.75, 3.05) is 25.0 Å². The molecule has 1 fully saturated rings. The van der Waals surface area contributed by atoms with Crippen molar-refractivity contribution in [1.82, 2.24) is 4.90 Å². The zero-order chi connectivity index (χ0) is 14.4. The molecule has 0 bridgehead atoms. The monoisotopic (exact) mass is 275 g/mol. The first kappa shape index (κ1) is 15.0. The van der Waals surface area contributed by atoms with E-state index in [2.05, 4.69) is 17.1 Å². The van der Waals surface area contributed by atoms with E-state index in [0.717, 1.165) is 36.8 Å². The van der Waals surface area contributed by atoms with Crippen molar-refractivity contribution in [2.45, 2.75) is 32.7 Å². The minimum Gasteiger partial charge on any atom is -0.326 e. The Kier molecular flexibility index (Phi) is 5.56. The minimum atomic E-state index is 0.0772. The summed E-state index contributed by atoms with van der Waals surface area (Å²) in [7, 11) is 0. The van der Waals surface area contributed by atoms with Gasteiger partial charge < -0.3 is 16.0 Å². The fourth-order valence-electron chi connectivity index (χ4n) is 2.30. The molecule has 110 valence electrons. The van der Waals surface area contributed by atoms with Gasteiger partial charge in [-0.3, -0.25) is 4.79 Å². The summed E-state index contributed by atoms with van der Waals surface area (Å²) in [6, 6.07) is 7.71. The number of nitrogens with one attached hydrogen (secondary N) is 1. The molecule has 3 N–H and O–H groups in total. The Hall–Kier alpha value is -1.39. The molecule has 0 radical (unpaired) electrons. The Morgan fingerprint density at radius 3 is 2.90 bits per heavy atom. The van der Waals surface area contributed by atoms with Crippen molar-refractivity contribution in [3.8, 4) is 0 Å². The highest BCUT2D eigenvalue weighted by molar-refractivity contribution is 5.90. The predicted molar refractivity (Wildman–Crippen MR) is 82.4 cm³/mol. The highest BCUT2D eigenvalue weighted by Crippen LogP contribution is 2.29. The van der Waals surface area contributed by atoms with E-state index in [-0.39, 0.29) is 5.91 Å². The Labute approximate surface area is 121 Å². The highest BCUT2D eigenvalue weighted by Gasteiger charge is 2.23. The number of carbonyl (C=O) groups is 1. The fourth-order valence-corrected chi connectivity index (χ4v) is 2.30. The van der Waals surface area contributed by atoms with Gasteiger partial charge in [-0.05, 0) is 43.0 Å². The van der Waals surface area contributed by atoms with Crippen LogP contribution in [0.5, 0.6) is 0 Å². The number of hydrogen-bond acceptors (Lipinski definition) is 3. The van der Waals surface area contributed by atoms with Crippen molar-refractivity contribution in [1.29, 1.82) is 0 Å². The average Bonchev–Trinajstić information content (AvgIpc) is 3.27. The molecular formula is C16H25N3O. The van der Waals surface area contributed by atoms with E-state index in [4.69, 9.17) is 5.73 Å². The van der Waals surface area contributed by atoms with Crippen molar-refractivity contribution in [3.63, 3.8) is 0 Å². The number of carbonyl (C=O) groups excluding carboxylic acids is 1. The summed E-state index contributed by atoms with van der Waals surface area (Å²) in [5, 5.41) is 2.94. The van der Waals surface area contributed by atoms with E-state index in [0.29, 0.717) is 13.0 Å². The summed E-state index contributed by atoms with van der Waals surface area (Å²) in [5.41, 5.74) is 7.47. The van der Waals surface area contributed by atoms with Gasteiger partial charge in [-0.25, -0.2) is 0 Å². The van der Waals surface area contributed by atoms with E-state index < -0.39 is 0 Å². The van der Waals surface area contributed by atoms with Crippen LogP contribution in [0.3, 0.4) is 0 Å². The summed E-state index contributed by atoms with van der Waals surface area (Å²) in [6.45, 7) is 5.66. The quantitative estimate of drug-likeness (QED) is 0.764. The van der Waals surface area contributed by atoms with Gasteiger partial charge in [0.15, 0.2) is 0 Å². The van der Waals surface area contributed by atoms with Crippen LogP contribution in [0.1, 0.15) is 31.7 Å².